The second-order valence-electron chi connectivity index (χ2n) is 4.64. The van der Waals surface area contributed by atoms with E-state index in [0.29, 0.717) is 10.6 Å². The molecule has 2 aromatic carbocycles. The van der Waals surface area contributed by atoms with Crippen molar-refractivity contribution in [3.63, 3.8) is 0 Å². The Hall–Kier alpha value is -2.65. The lowest BCUT2D eigenvalue weighted by molar-refractivity contribution is -0.130. The third kappa shape index (κ3) is 3.32. The molecule has 0 unspecified atom stereocenters. The minimum Gasteiger partial charge on any atom is -0.402 e. The van der Waals surface area contributed by atoms with Crippen molar-refractivity contribution in [1.82, 2.24) is 0 Å². The van der Waals surface area contributed by atoms with E-state index in [9.17, 15) is 4.79 Å². The molecule has 0 aliphatic carbocycles. The van der Waals surface area contributed by atoms with E-state index in [4.69, 9.17) is 16.3 Å². The number of ether oxygens (including phenoxy) is 1. The van der Waals surface area contributed by atoms with Gasteiger partial charge in [-0.2, -0.15) is 0 Å². The maximum Gasteiger partial charge on any atom is 0.363 e. The zero-order valence-electron chi connectivity index (χ0n) is 11.6. The number of benzene rings is 2. The summed E-state index contributed by atoms with van der Waals surface area (Å²) in [4.78, 5) is 16.0. The number of halogens is 1. The fourth-order valence-electron chi connectivity index (χ4n) is 1.98. The van der Waals surface area contributed by atoms with Crippen LogP contribution in [0.5, 0.6) is 0 Å². The van der Waals surface area contributed by atoms with E-state index in [1.54, 1.807) is 36.4 Å². The predicted molar refractivity (Wildman–Crippen MR) is 87.6 cm³/mol. The molecule has 4 heteroatoms. The van der Waals surface area contributed by atoms with Crippen LogP contribution in [-0.4, -0.2) is 11.9 Å². The van der Waals surface area contributed by atoms with E-state index in [1.807, 2.05) is 36.4 Å². The number of allylic oxidation sites excluding steroid dienone is 2. The monoisotopic (exact) mass is 309 g/mol. The molecule has 1 heterocycles. The highest BCUT2D eigenvalue weighted by molar-refractivity contribution is 6.31. The van der Waals surface area contributed by atoms with Crippen LogP contribution in [0.2, 0.25) is 5.02 Å². The molecule has 0 spiro atoms. The highest BCUT2D eigenvalue weighted by Gasteiger charge is 2.23. The summed E-state index contributed by atoms with van der Waals surface area (Å²) < 4.78 is 5.17. The van der Waals surface area contributed by atoms with Crippen LogP contribution in [0, 0.1) is 0 Å². The molecule has 3 rings (SSSR count). The number of carbonyl (C=O) groups is 1. The van der Waals surface area contributed by atoms with Crippen LogP contribution >= 0.6 is 11.6 Å². The number of nitrogens with zero attached hydrogens (tertiary/aromatic N) is 1. The van der Waals surface area contributed by atoms with Crippen LogP contribution < -0.4 is 0 Å². The Balaban J connectivity index is 1.81. The number of hydrogen-bond donors (Lipinski definition) is 0. The predicted octanol–water partition coefficient (Wildman–Crippen LogP) is 4.24. The molecule has 0 radical (unpaired) electrons. The van der Waals surface area contributed by atoms with Gasteiger partial charge in [-0.3, -0.25) is 0 Å². The van der Waals surface area contributed by atoms with E-state index < -0.39 is 5.97 Å². The summed E-state index contributed by atoms with van der Waals surface area (Å²) in [6, 6.07) is 16.8. The first kappa shape index (κ1) is 14.3. The minimum atomic E-state index is -0.465. The maximum atomic E-state index is 11.8. The topological polar surface area (TPSA) is 38.7 Å². The van der Waals surface area contributed by atoms with Crippen LogP contribution in [0.25, 0.3) is 6.08 Å². The van der Waals surface area contributed by atoms with Crippen molar-refractivity contribution in [1.29, 1.82) is 0 Å². The quantitative estimate of drug-likeness (QED) is 0.628. The number of cyclic esters (lactones) is 1. The third-order valence-corrected chi connectivity index (χ3v) is 3.27. The molecule has 0 bridgehead atoms. The standard InChI is InChI=1S/C18H12ClNO2/c19-15-10-5-9-14(12-15)17-20-16(18(21)22-17)11-4-8-13-6-2-1-3-7-13/h1-12H/b8-4-,16-11+. The smallest absolute Gasteiger partial charge is 0.363 e. The lowest BCUT2D eigenvalue weighted by atomic mass is 10.2. The summed E-state index contributed by atoms with van der Waals surface area (Å²) in [6.07, 6.45) is 5.30. The van der Waals surface area contributed by atoms with Gasteiger partial charge in [-0.1, -0.05) is 60.2 Å². The molecule has 0 fully saturated rings. The first-order valence-corrected chi connectivity index (χ1v) is 7.10. The Kier molecular flexibility index (Phi) is 4.17. The van der Waals surface area contributed by atoms with Crippen LogP contribution in [0.4, 0.5) is 0 Å². The number of esters is 1. The SMILES string of the molecule is O=C1OC(c2cccc(Cl)c2)=N/C1=C/C=C\c1ccccc1. The molecule has 0 N–H and O–H groups in total. The van der Waals surface area contributed by atoms with Crippen molar-refractivity contribution in [2.45, 2.75) is 0 Å². The zero-order valence-corrected chi connectivity index (χ0v) is 12.3. The lowest BCUT2D eigenvalue weighted by Crippen LogP contribution is -2.05. The number of hydrogen-bond acceptors (Lipinski definition) is 3. The molecule has 0 amide bonds. The summed E-state index contributed by atoms with van der Waals surface area (Å²) in [6.45, 7) is 0. The van der Waals surface area contributed by atoms with Gasteiger partial charge < -0.3 is 4.74 Å². The van der Waals surface area contributed by atoms with Gasteiger partial charge in [-0.15, -0.1) is 0 Å². The van der Waals surface area contributed by atoms with Crippen molar-refractivity contribution in [2.24, 2.45) is 4.99 Å². The van der Waals surface area contributed by atoms with Crippen molar-refractivity contribution >= 4 is 29.5 Å². The molecule has 1 aliphatic rings. The Morgan fingerprint density at radius 3 is 2.64 bits per heavy atom. The summed E-state index contributed by atoms with van der Waals surface area (Å²) >= 11 is 5.93. The molecule has 0 saturated heterocycles. The summed E-state index contributed by atoms with van der Waals surface area (Å²) in [7, 11) is 0. The van der Waals surface area contributed by atoms with E-state index in [-0.39, 0.29) is 11.6 Å². The van der Waals surface area contributed by atoms with E-state index in [2.05, 4.69) is 4.99 Å². The van der Waals surface area contributed by atoms with Gasteiger partial charge in [0, 0.05) is 10.6 Å². The highest BCUT2D eigenvalue weighted by Crippen LogP contribution is 2.19. The fraction of sp³-hybridized carbons (Fsp3) is 0. The molecule has 108 valence electrons. The number of rotatable bonds is 3. The summed E-state index contributed by atoms with van der Waals surface area (Å²) in [5.41, 5.74) is 1.99. The molecule has 0 atom stereocenters. The molecule has 1 aliphatic heterocycles. The van der Waals surface area contributed by atoms with Crippen LogP contribution in [-0.2, 0) is 9.53 Å². The van der Waals surface area contributed by atoms with Crippen molar-refractivity contribution in [2.75, 3.05) is 0 Å². The van der Waals surface area contributed by atoms with Gasteiger partial charge in [0.25, 0.3) is 0 Å². The second kappa shape index (κ2) is 6.41. The van der Waals surface area contributed by atoms with Gasteiger partial charge in [-0.25, -0.2) is 9.79 Å². The molecule has 0 aromatic heterocycles. The van der Waals surface area contributed by atoms with Crippen LogP contribution in [0.1, 0.15) is 11.1 Å². The normalized spacial score (nSPS) is 16.1. The Labute approximate surface area is 133 Å². The van der Waals surface area contributed by atoms with Gasteiger partial charge in [0.05, 0.1) is 0 Å². The van der Waals surface area contributed by atoms with Gasteiger partial charge in [0.15, 0.2) is 5.70 Å². The first-order chi connectivity index (χ1) is 10.7. The average molecular weight is 310 g/mol. The van der Waals surface area contributed by atoms with Gasteiger partial charge in [-0.05, 0) is 29.8 Å². The van der Waals surface area contributed by atoms with Crippen molar-refractivity contribution in [3.05, 3.63) is 88.6 Å². The zero-order chi connectivity index (χ0) is 15.4. The first-order valence-electron chi connectivity index (χ1n) is 6.72. The summed E-state index contributed by atoms with van der Waals surface area (Å²) in [5.74, 6) is -0.195. The van der Waals surface area contributed by atoms with Gasteiger partial charge in [0.1, 0.15) is 0 Å². The Morgan fingerprint density at radius 1 is 1.05 bits per heavy atom. The van der Waals surface area contributed by atoms with Gasteiger partial charge >= 0.3 is 5.97 Å². The molecule has 3 nitrogen and oxygen atoms in total. The van der Waals surface area contributed by atoms with Crippen molar-refractivity contribution < 1.29 is 9.53 Å². The lowest BCUT2D eigenvalue weighted by Gasteiger charge is -1.98. The average Bonchev–Trinajstić information content (AvgIpc) is 2.90. The number of aliphatic imine (C=N–C) groups is 1. The Bertz CT molecular complexity index is 792. The molecular formula is C18H12ClNO2. The van der Waals surface area contributed by atoms with E-state index >= 15 is 0 Å². The molecule has 2 aromatic rings. The van der Waals surface area contributed by atoms with Crippen LogP contribution in [0.3, 0.4) is 0 Å². The van der Waals surface area contributed by atoms with Gasteiger partial charge in [0.2, 0.25) is 5.90 Å². The minimum absolute atomic E-state index is 0.266. The Morgan fingerprint density at radius 2 is 1.86 bits per heavy atom. The van der Waals surface area contributed by atoms with E-state index in [0.717, 1.165) is 5.56 Å². The van der Waals surface area contributed by atoms with E-state index in [1.165, 1.54) is 0 Å². The fourth-order valence-corrected chi connectivity index (χ4v) is 2.17. The largest absolute Gasteiger partial charge is 0.402 e. The molecule has 0 saturated carbocycles. The molecular weight excluding hydrogens is 298 g/mol. The van der Waals surface area contributed by atoms with Crippen molar-refractivity contribution in [3.8, 4) is 0 Å². The highest BCUT2D eigenvalue weighted by atomic mass is 35.5. The second-order valence-corrected chi connectivity index (χ2v) is 5.07. The maximum absolute atomic E-state index is 11.8. The van der Waals surface area contributed by atoms with Crippen LogP contribution in [0.15, 0.2) is 77.4 Å². The molecule has 22 heavy (non-hydrogen) atoms. The number of carbonyl (C=O) groups excluding carboxylic acids is 1. The third-order valence-electron chi connectivity index (χ3n) is 3.03. The summed E-state index contributed by atoms with van der Waals surface area (Å²) in [5, 5.41) is 0.567.